The van der Waals surface area contributed by atoms with Crippen LogP contribution in [-0.4, -0.2) is 0 Å². The van der Waals surface area contributed by atoms with Crippen molar-refractivity contribution in [2.24, 2.45) is 0 Å². The number of benzene rings is 3. The molecule has 0 atom stereocenters. The zero-order valence-corrected chi connectivity index (χ0v) is 13.9. The molecular formula is C18H12Br2. The van der Waals surface area contributed by atoms with Gasteiger partial charge in [-0.1, -0.05) is 74.3 Å². The summed E-state index contributed by atoms with van der Waals surface area (Å²) in [6.07, 6.45) is 0. The molecule has 0 saturated carbocycles. The second kappa shape index (κ2) is 5.94. The average molecular weight is 388 g/mol. The molecule has 3 aromatic carbocycles. The van der Waals surface area contributed by atoms with Gasteiger partial charge >= 0.3 is 0 Å². The van der Waals surface area contributed by atoms with Gasteiger partial charge in [-0.3, -0.25) is 0 Å². The molecule has 0 aromatic heterocycles. The van der Waals surface area contributed by atoms with Gasteiger partial charge in [0.25, 0.3) is 0 Å². The molecule has 0 amide bonds. The van der Waals surface area contributed by atoms with Gasteiger partial charge in [-0.15, -0.1) is 0 Å². The Labute approximate surface area is 135 Å². The van der Waals surface area contributed by atoms with E-state index < -0.39 is 0 Å². The molecule has 3 aromatic rings. The van der Waals surface area contributed by atoms with Crippen molar-refractivity contribution in [1.82, 2.24) is 0 Å². The third kappa shape index (κ3) is 3.02. The van der Waals surface area contributed by atoms with Crippen molar-refractivity contribution < 1.29 is 0 Å². The van der Waals surface area contributed by atoms with Crippen LogP contribution in [-0.2, 0) is 0 Å². The van der Waals surface area contributed by atoms with E-state index in [0.29, 0.717) is 0 Å². The molecule has 0 nitrogen and oxygen atoms in total. The second-order valence-corrected chi connectivity index (χ2v) is 6.44. The minimum Gasteiger partial charge on any atom is -0.0622 e. The summed E-state index contributed by atoms with van der Waals surface area (Å²) in [5.41, 5.74) is 4.86. The van der Waals surface area contributed by atoms with Crippen molar-refractivity contribution in [3.8, 4) is 22.3 Å². The van der Waals surface area contributed by atoms with Crippen LogP contribution >= 0.6 is 31.9 Å². The molecular weight excluding hydrogens is 376 g/mol. The fourth-order valence-electron chi connectivity index (χ4n) is 2.22. The molecule has 0 heterocycles. The Balaban J connectivity index is 2.12. The standard InChI is InChI=1S/C18H12Br2/c19-17-8-4-7-14(10-17)16-9-15(11-18(20)12-16)13-5-2-1-3-6-13/h1-12H. The predicted molar refractivity (Wildman–Crippen MR) is 92.7 cm³/mol. The van der Waals surface area contributed by atoms with Gasteiger partial charge in [0.2, 0.25) is 0 Å². The van der Waals surface area contributed by atoms with E-state index in [1.807, 2.05) is 12.1 Å². The molecule has 0 aliphatic carbocycles. The maximum atomic E-state index is 3.61. The fraction of sp³-hybridized carbons (Fsp3) is 0. The van der Waals surface area contributed by atoms with Gasteiger partial charge in [0.05, 0.1) is 0 Å². The van der Waals surface area contributed by atoms with E-state index in [4.69, 9.17) is 0 Å². The lowest BCUT2D eigenvalue weighted by Crippen LogP contribution is -1.82. The van der Waals surface area contributed by atoms with Crippen LogP contribution in [0.5, 0.6) is 0 Å². The summed E-state index contributed by atoms with van der Waals surface area (Å²) in [7, 11) is 0. The van der Waals surface area contributed by atoms with E-state index in [-0.39, 0.29) is 0 Å². The van der Waals surface area contributed by atoms with Gasteiger partial charge in [-0.05, 0) is 52.6 Å². The zero-order chi connectivity index (χ0) is 13.9. The highest BCUT2D eigenvalue weighted by Gasteiger charge is 2.04. The highest BCUT2D eigenvalue weighted by atomic mass is 79.9. The second-order valence-electron chi connectivity index (χ2n) is 4.60. The maximum Gasteiger partial charge on any atom is 0.0187 e. The number of hydrogen-bond acceptors (Lipinski definition) is 0. The zero-order valence-electron chi connectivity index (χ0n) is 10.7. The third-order valence-electron chi connectivity index (χ3n) is 3.16. The van der Waals surface area contributed by atoms with Crippen LogP contribution in [0.3, 0.4) is 0 Å². The summed E-state index contributed by atoms with van der Waals surface area (Å²) < 4.78 is 2.19. The average Bonchev–Trinajstić information content (AvgIpc) is 2.47. The van der Waals surface area contributed by atoms with Crippen molar-refractivity contribution in [3.63, 3.8) is 0 Å². The van der Waals surface area contributed by atoms with Gasteiger partial charge in [0.1, 0.15) is 0 Å². The topological polar surface area (TPSA) is 0 Å². The van der Waals surface area contributed by atoms with Crippen LogP contribution < -0.4 is 0 Å². The Kier molecular flexibility index (Phi) is 4.04. The molecule has 0 spiro atoms. The first kappa shape index (κ1) is 13.6. The Morgan fingerprint density at radius 3 is 1.75 bits per heavy atom. The molecule has 98 valence electrons. The molecule has 0 aliphatic rings. The van der Waals surface area contributed by atoms with E-state index in [0.717, 1.165) is 8.95 Å². The van der Waals surface area contributed by atoms with Gasteiger partial charge in [-0.2, -0.15) is 0 Å². The van der Waals surface area contributed by atoms with Crippen molar-refractivity contribution in [2.45, 2.75) is 0 Å². The summed E-state index contributed by atoms with van der Waals surface area (Å²) >= 11 is 7.14. The molecule has 0 unspecified atom stereocenters. The van der Waals surface area contributed by atoms with Gasteiger partial charge < -0.3 is 0 Å². The quantitative estimate of drug-likeness (QED) is 0.467. The van der Waals surface area contributed by atoms with Crippen LogP contribution in [0.2, 0.25) is 0 Å². The first-order valence-electron chi connectivity index (χ1n) is 6.34. The SMILES string of the molecule is Brc1cccc(-c2cc(Br)cc(-c3ccccc3)c2)c1. The molecule has 0 fully saturated rings. The van der Waals surface area contributed by atoms with Crippen molar-refractivity contribution in [3.05, 3.63) is 81.7 Å². The summed E-state index contributed by atoms with van der Waals surface area (Å²) in [6.45, 7) is 0. The Hall–Kier alpha value is -1.38. The van der Waals surface area contributed by atoms with Gasteiger partial charge in [-0.25, -0.2) is 0 Å². The first-order chi connectivity index (χ1) is 9.72. The Bertz CT molecular complexity index is 733. The van der Waals surface area contributed by atoms with Crippen molar-refractivity contribution in [2.75, 3.05) is 0 Å². The van der Waals surface area contributed by atoms with Crippen LogP contribution in [0.4, 0.5) is 0 Å². The minimum absolute atomic E-state index is 1.09. The molecule has 0 radical (unpaired) electrons. The molecule has 0 saturated heterocycles. The molecule has 2 heteroatoms. The molecule has 0 N–H and O–H groups in total. The number of rotatable bonds is 2. The van der Waals surface area contributed by atoms with Crippen molar-refractivity contribution in [1.29, 1.82) is 0 Å². The molecule has 0 bridgehead atoms. The van der Waals surface area contributed by atoms with Crippen LogP contribution in [0.25, 0.3) is 22.3 Å². The van der Waals surface area contributed by atoms with E-state index in [9.17, 15) is 0 Å². The van der Waals surface area contributed by atoms with Crippen LogP contribution in [0, 0.1) is 0 Å². The summed E-state index contributed by atoms with van der Waals surface area (Å²) in [4.78, 5) is 0. The third-order valence-corrected chi connectivity index (χ3v) is 4.11. The molecule has 3 rings (SSSR count). The summed E-state index contributed by atoms with van der Waals surface area (Å²) in [5.74, 6) is 0. The highest BCUT2D eigenvalue weighted by Crippen LogP contribution is 2.31. The minimum atomic E-state index is 1.09. The predicted octanol–water partition coefficient (Wildman–Crippen LogP) is 6.55. The largest absolute Gasteiger partial charge is 0.0622 e. The normalized spacial score (nSPS) is 10.5. The molecule has 20 heavy (non-hydrogen) atoms. The lowest BCUT2D eigenvalue weighted by molar-refractivity contribution is 1.55. The van der Waals surface area contributed by atoms with Crippen LogP contribution in [0.15, 0.2) is 81.7 Å². The smallest absolute Gasteiger partial charge is 0.0187 e. The van der Waals surface area contributed by atoms with E-state index in [1.54, 1.807) is 0 Å². The van der Waals surface area contributed by atoms with E-state index in [2.05, 4.69) is 92.5 Å². The van der Waals surface area contributed by atoms with E-state index in [1.165, 1.54) is 22.3 Å². The molecule has 0 aliphatic heterocycles. The monoisotopic (exact) mass is 386 g/mol. The number of hydrogen-bond donors (Lipinski definition) is 0. The Morgan fingerprint density at radius 2 is 1.05 bits per heavy atom. The van der Waals surface area contributed by atoms with Crippen LogP contribution in [0.1, 0.15) is 0 Å². The van der Waals surface area contributed by atoms with Gasteiger partial charge in [0, 0.05) is 8.95 Å². The summed E-state index contributed by atoms with van der Waals surface area (Å²) in [6, 6.07) is 25.3. The summed E-state index contributed by atoms with van der Waals surface area (Å²) in [5, 5.41) is 0. The van der Waals surface area contributed by atoms with Crippen molar-refractivity contribution >= 4 is 31.9 Å². The highest BCUT2D eigenvalue weighted by molar-refractivity contribution is 9.10. The van der Waals surface area contributed by atoms with Gasteiger partial charge in [0.15, 0.2) is 0 Å². The maximum absolute atomic E-state index is 3.61. The van der Waals surface area contributed by atoms with E-state index >= 15 is 0 Å². The first-order valence-corrected chi connectivity index (χ1v) is 7.93. The fourth-order valence-corrected chi connectivity index (χ4v) is 3.11. The lowest BCUT2D eigenvalue weighted by Gasteiger charge is -2.08. The Morgan fingerprint density at radius 1 is 0.450 bits per heavy atom. The lowest BCUT2D eigenvalue weighted by atomic mass is 9.99. The number of halogens is 2.